The summed E-state index contributed by atoms with van der Waals surface area (Å²) in [6, 6.07) is 3.43. The van der Waals surface area contributed by atoms with E-state index in [9.17, 15) is 26.4 Å². The van der Waals surface area contributed by atoms with E-state index in [1.54, 1.807) is 0 Å². The number of hydrogen-bond donors (Lipinski definition) is 1. The Bertz CT molecular complexity index is 1110. The maximum absolute atomic E-state index is 12.9. The minimum Gasteiger partial charge on any atom is -0.440 e. The van der Waals surface area contributed by atoms with Crippen LogP contribution in [0.25, 0.3) is 11.1 Å². The molecule has 0 unspecified atom stereocenters. The molecule has 1 N–H and O–H groups in total. The number of oxazole rings is 1. The number of halogens is 3. The van der Waals surface area contributed by atoms with E-state index < -0.39 is 21.6 Å². The van der Waals surface area contributed by atoms with Gasteiger partial charge in [-0.05, 0) is 62.1 Å². The fraction of sp³-hybridized carbons (Fsp3) is 0.619. The molecule has 2 saturated carbocycles. The first kappa shape index (κ1) is 20.8. The van der Waals surface area contributed by atoms with Gasteiger partial charge in [-0.25, -0.2) is 13.4 Å². The van der Waals surface area contributed by atoms with Crippen LogP contribution in [0.2, 0.25) is 0 Å². The molecule has 168 valence electrons. The van der Waals surface area contributed by atoms with Crippen molar-refractivity contribution in [2.75, 3.05) is 11.5 Å². The predicted molar refractivity (Wildman–Crippen MR) is 106 cm³/mol. The second-order valence-electron chi connectivity index (χ2n) is 9.38. The first-order valence-corrected chi connectivity index (χ1v) is 12.3. The second-order valence-corrected chi connectivity index (χ2v) is 11.7. The van der Waals surface area contributed by atoms with Gasteiger partial charge in [0.25, 0.3) is 0 Å². The van der Waals surface area contributed by atoms with Gasteiger partial charge >= 0.3 is 6.18 Å². The van der Waals surface area contributed by atoms with Crippen LogP contribution in [0.4, 0.5) is 13.2 Å². The van der Waals surface area contributed by atoms with Crippen LogP contribution in [0, 0.1) is 11.3 Å². The van der Waals surface area contributed by atoms with Crippen LogP contribution >= 0.6 is 0 Å². The number of aromatic nitrogens is 1. The molecule has 1 saturated heterocycles. The number of nitrogens with one attached hydrogen (secondary N) is 1. The number of carbonyl (C=O) groups excluding carboxylic acids is 1. The summed E-state index contributed by atoms with van der Waals surface area (Å²) in [5, 5.41) is 3.05. The lowest BCUT2D eigenvalue weighted by Gasteiger charge is -2.57. The molecule has 1 aliphatic heterocycles. The Morgan fingerprint density at radius 3 is 2.45 bits per heavy atom. The Morgan fingerprint density at radius 2 is 1.81 bits per heavy atom. The third-order valence-corrected chi connectivity index (χ3v) is 8.79. The highest BCUT2D eigenvalue weighted by molar-refractivity contribution is 7.91. The molecular weight excluding hydrogens is 433 g/mol. The van der Waals surface area contributed by atoms with Gasteiger partial charge < -0.3 is 9.73 Å². The number of carbonyl (C=O) groups is 1. The molecule has 5 rings (SSSR count). The van der Waals surface area contributed by atoms with E-state index >= 15 is 0 Å². The van der Waals surface area contributed by atoms with Crippen LogP contribution in [-0.2, 0) is 20.8 Å². The molecule has 2 heterocycles. The third-order valence-electron chi connectivity index (χ3n) is 7.07. The van der Waals surface area contributed by atoms with Crippen molar-refractivity contribution in [1.29, 1.82) is 0 Å². The van der Waals surface area contributed by atoms with Crippen molar-refractivity contribution in [1.82, 2.24) is 10.3 Å². The number of benzene rings is 1. The summed E-state index contributed by atoms with van der Waals surface area (Å²) in [5.74, 6) is 0.450. The van der Waals surface area contributed by atoms with Gasteiger partial charge in [-0.1, -0.05) is 0 Å². The molecule has 31 heavy (non-hydrogen) atoms. The Hall–Kier alpha value is -2.10. The van der Waals surface area contributed by atoms with Crippen LogP contribution in [0.1, 0.15) is 55.9 Å². The smallest absolute Gasteiger partial charge is 0.416 e. The zero-order chi connectivity index (χ0) is 22.0. The molecule has 2 aliphatic carbocycles. The number of sulfone groups is 1. The molecule has 2 aromatic rings. The fourth-order valence-electron chi connectivity index (χ4n) is 5.35. The Kier molecular flexibility index (Phi) is 4.66. The van der Waals surface area contributed by atoms with Gasteiger partial charge in [-0.15, -0.1) is 0 Å². The highest BCUT2D eigenvalue weighted by Crippen LogP contribution is 2.62. The van der Waals surface area contributed by atoms with E-state index in [1.165, 1.54) is 6.07 Å². The highest BCUT2D eigenvalue weighted by Gasteiger charge is 2.55. The third kappa shape index (κ3) is 3.94. The molecule has 1 amide bonds. The fourth-order valence-corrected chi connectivity index (χ4v) is 6.84. The van der Waals surface area contributed by atoms with Gasteiger partial charge in [0.1, 0.15) is 15.4 Å². The second kappa shape index (κ2) is 6.95. The summed E-state index contributed by atoms with van der Waals surface area (Å²) in [5.41, 5.74) is -0.0228. The molecule has 0 radical (unpaired) electrons. The van der Waals surface area contributed by atoms with Crippen molar-refractivity contribution in [2.24, 2.45) is 11.3 Å². The Balaban J connectivity index is 1.14. The molecular formula is C21H23F3N2O4S. The molecule has 1 spiro atoms. The number of alkyl halides is 3. The quantitative estimate of drug-likeness (QED) is 0.759. The molecule has 0 bridgehead atoms. The zero-order valence-corrected chi connectivity index (χ0v) is 17.6. The average Bonchev–Trinajstić information content (AvgIpc) is 3.04. The molecule has 6 nitrogen and oxygen atoms in total. The molecule has 10 heteroatoms. The Morgan fingerprint density at radius 1 is 1.13 bits per heavy atom. The SMILES string of the molecule is O=C(NC1CC2(C1)CC(c1nc3cc(C(F)(F)F)ccc3o1)C2)C1CCS(=O)(=O)CC1. The first-order valence-electron chi connectivity index (χ1n) is 10.5. The molecule has 3 fully saturated rings. The minimum atomic E-state index is -4.41. The van der Waals surface area contributed by atoms with Crippen LogP contribution in [0.5, 0.6) is 0 Å². The van der Waals surface area contributed by atoms with E-state index in [4.69, 9.17) is 4.42 Å². The standard InChI is InChI=1S/C21H23F3N2O4S/c22-21(23,24)14-1-2-17-16(7-14)26-19(30-17)13-8-20(9-13)10-15(11-20)25-18(27)12-3-5-31(28,29)6-4-12/h1-2,7,12-13,15H,3-6,8-11H2,(H,25,27). The van der Waals surface area contributed by atoms with E-state index in [0.717, 1.165) is 37.8 Å². The largest absolute Gasteiger partial charge is 0.440 e. The maximum Gasteiger partial charge on any atom is 0.416 e. The molecule has 1 aromatic heterocycles. The number of nitrogens with zero attached hydrogens (tertiary/aromatic N) is 1. The topological polar surface area (TPSA) is 89.3 Å². The van der Waals surface area contributed by atoms with E-state index in [2.05, 4.69) is 10.3 Å². The molecule has 1 aromatic carbocycles. The van der Waals surface area contributed by atoms with Crippen molar-refractivity contribution in [3.63, 3.8) is 0 Å². The summed E-state index contributed by atoms with van der Waals surface area (Å²) in [7, 11) is -2.99. The van der Waals surface area contributed by atoms with Crippen molar-refractivity contribution in [3.8, 4) is 0 Å². The summed E-state index contributed by atoms with van der Waals surface area (Å²) in [6.07, 6.45) is -0.216. The Labute approximate surface area is 177 Å². The van der Waals surface area contributed by atoms with E-state index in [1.807, 2.05) is 0 Å². The van der Waals surface area contributed by atoms with Crippen LogP contribution in [-0.4, -0.2) is 36.9 Å². The van der Waals surface area contributed by atoms with Crippen LogP contribution < -0.4 is 5.32 Å². The normalized spacial score (nSPS) is 30.7. The maximum atomic E-state index is 12.9. The summed E-state index contributed by atoms with van der Waals surface area (Å²) in [4.78, 5) is 16.7. The lowest BCUT2D eigenvalue weighted by molar-refractivity contribution is -0.137. The van der Waals surface area contributed by atoms with Crippen molar-refractivity contribution in [2.45, 2.75) is 56.7 Å². The van der Waals surface area contributed by atoms with E-state index in [-0.39, 0.29) is 46.2 Å². The van der Waals surface area contributed by atoms with Gasteiger partial charge in [0, 0.05) is 17.9 Å². The lowest BCUT2D eigenvalue weighted by atomic mass is 9.50. The van der Waals surface area contributed by atoms with Gasteiger partial charge in [0.2, 0.25) is 5.91 Å². The molecule has 3 aliphatic rings. The van der Waals surface area contributed by atoms with Gasteiger partial charge in [0.15, 0.2) is 11.5 Å². The van der Waals surface area contributed by atoms with Gasteiger partial charge in [0.05, 0.1) is 17.1 Å². The monoisotopic (exact) mass is 456 g/mol. The lowest BCUT2D eigenvalue weighted by Crippen LogP contribution is -2.56. The molecule has 0 atom stereocenters. The zero-order valence-electron chi connectivity index (χ0n) is 16.7. The van der Waals surface area contributed by atoms with E-state index in [0.29, 0.717) is 24.3 Å². The van der Waals surface area contributed by atoms with Crippen LogP contribution in [0.15, 0.2) is 22.6 Å². The van der Waals surface area contributed by atoms with Gasteiger partial charge in [-0.3, -0.25) is 4.79 Å². The van der Waals surface area contributed by atoms with Crippen molar-refractivity contribution < 1.29 is 30.8 Å². The minimum absolute atomic E-state index is 0.0509. The summed E-state index contributed by atoms with van der Waals surface area (Å²) in [6.45, 7) is 0. The predicted octanol–water partition coefficient (Wildman–Crippen LogP) is 3.81. The highest BCUT2D eigenvalue weighted by atomic mass is 32.2. The number of amides is 1. The number of fused-ring (bicyclic) bond motifs is 1. The number of rotatable bonds is 3. The van der Waals surface area contributed by atoms with Gasteiger partial charge in [-0.2, -0.15) is 13.2 Å². The van der Waals surface area contributed by atoms with Crippen molar-refractivity contribution >= 4 is 26.8 Å². The van der Waals surface area contributed by atoms with Crippen LogP contribution in [0.3, 0.4) is 0 Å². The van der Waals surface area contributed by atoms with Crippen molar-refractivity contribution in [3.05, 3.63) is 29.7 Å². The summed E-state index contributed by atoms with van der Waals surface area (Å²) >= 11 is 0. The average molecular weight is 456 g/mol. The number of hydrogen-bond acceptors (Lipinski definition) is 5. The first-order chi connectivity index (χ1) is 14.5. The summed E-state index contributed by atoms with van der Waals surface area (Å²) < 4.78 is 67.3.